The molecule has 0 saturated heterocycles. The van der Waals surface area contributed by atoms with E-state index in [9.17, 15) is 14.4 Å². The lowest BCUT2D eigenvalue weighted by Gasteiger charge is -2.18. The van der Waals surface area contributed by atoms with Crippen molar-refractivity contribution in [2.75, 3.05) is 13.2 Å². The topological polar surface area (TPSA) is 78.9 Å². The minimum Gasteiger partial charge on any atom is -0.462 e. The van der Waals surface area contributed by atoms with Crippen molar-refractivity contribution in [2.45, 2.75) is 374 Å². The number of hydrogen-bond donors (Lipinski definition) is 0. The largest absolute Gasteiger partial charge is 0.462 e. The van der Waals surface area contributed by atoms with Gasteiger partial charge in [0.05, 0.1) is 0 Å². The summed E-state index contributed by atoms with van der Waals surface area (Å²) >= 11 is 0. The monoisotopic (exact) mass is 1160 g/mol. The number of allylic oxidation sites excluding steroid dienone is 14. The Labute approximate surface area is 515 Å². The number of carbonyl (C=O) groups excluding carboxylic acids is 3. The normalized spacial score (nSPS) is 12.6. The fourth-order valence-electron chi connectivity index (χ4n) is 10.6. The summed E-state index contributed by atoms with van der Waals surface area (Å²) in [7, 11) is 0. The van der Waals surface area contributed by atoms with Crippen molar-refractivity contribution in [3.63, 3.8) is 0 Å². The first-order valence-corrected chi connectivity index (χ1v) is 36.1. The van der Waals surface area contributed by atoms with Crippen molar-refractivity contribution >= 4 is 17.9 Å². The third-order valence-corrected chi connectivity index (χ3v) is 15.9. The van der Waals surface area contributed by atoms with Gasteiger partial charge in [0, 0.05) is 19.3 Å². The molecule has 0 aliphatic carbocycles. The summed E-state index contributed by atoms with van der Waals surface area (Å²) in [4.78, 5) is 38.4. The van der Waals surface area contributed by atoms with Gasteiger partial charge in [-0.05, 0) is 70.6 Å². The van der Waals surface area contributed by atoms with Crippen LogP contribution in [-0.2, 0) is 28.6 Å². The van der Waals surface area contributed by atoms with E-state index in [1.807, 2.05) is 0 Å². The van der Waals surface area contributed by atoms with E-state index in [0.717, 1.165) is 89.9 Å². The molecule has 0 fully saturated rings. The number of ether oxygens (including phenoxy) is 3. The second-order valence-corrected chi connectivity index (χ2v) is 24.1. The molecule has 0 N–H and O–H groups in total. The number of hydrogen-bond acceptors (Lipinski definition) is 6. The van der Waals surface area contributed by atoms with E-state index < -0.39 is 6.10 Å². The maximum atomic E-state index is 12.9. The van der Waals surface area contributed by atoms with Gasteiger partial charge in [0.1, 0.15) is 13.2 Å². The molecule has 480 valence electrons. The lowest BCUT2D eigenvalue weighted by Crippen LogP contribution is -2.30. The molecule has 0 aromatic carbocycles. The fourth-order valence-corrected chi connectivity index (χ4v) is 10.6. The summed E-state index contributed by atoms with van der Waals surface area (Å²) in [6.07, 6.45) is 94.9. The summed E-state index contributed by atoms with van der Waals surface area (Å²) < 4.78 is 16.9. The van der Waals surface area contributed by atoms with Crippen LogP contribution in [0.3, 0.4) is 0 Å². The molecule has 83 heavy (non-hydrogen) atoms. The third kappa shape index (κ3) is 69.3. The van der Waals surface area contributed by atoms with Gasteiger partial charge in [-0.3, -0.25) is 14.4 Å². The molecule has 0 aromatic heterocycles. The molecule has 0 aliphatic rings. The predicted octanol–water partition coefficient (Wildman–Crippen LogP) is 25.0. The number of esters is 3. The van der Waals surface area contributed by atoms with Gasteiger partial charge in [0.25, 0.3) is 0 Å². The fraction of sp³-hybridized carbons (Fsp3) is 0.779. The van der Waals surface area contributed by atoms with E-state index in [1.54, 1.807) is 0 Å². The van der Waals surface area contributed by atoms with Gasteiger partial charge >= 0.3 is 17.9 Å². The first-order chi connectivity index (χ1) is 41.0. The zero-order chi connectivity index (χ0) is 59.9. The van der Waals surface area contributed by atoms with Crippen LogP contribution in [0.25, 0.3) is 0 Å². The minimum absolute atomic E-state index is 0.0952. The standard InChI is InChI=1S/C77H136O6/c1-4-7-10-13-16-19-22-25-27-29-31-33-35-36-37-38-39-40-42-43-45-47-49-52-55-58-61-64-67-70-76(79)82-73-74(72-81-75(78)69-66-63-60-57-54-51-24-21-18-15-12-9-6-3)83-77(80)71-68-65-62-59-56-53-50-48-46-44-41-34-32-30-28-26-23-20-17-14-11-8-5-2/h8,11,17,20,26,28,32,34,44,46,50,53,59,62,74H,4-7,9-10,12-16,18-19,21-25,27,29-31,33,35-43,45,47-49,51-52,54-58,60-61,63-73H2,1-3H3/b11-8-,20-17-,28-26-,34-32-,46-44-,53-50-,62-59-. The highest BCUT2D eigenvalue weighted by atomic mass is 16.6. The van der Waals surface area contributed by atoms with Crippen LogP contribution in [0.2, 0.25) is 0 Å². The highest BCUT2D eigenvalue weighted by Gasteiger charge is 2.19. The second-order valence-electron chi connectivity index (χ2n) is 24.1. The van der Waals surface area contributed by atoms with Crippen LogP contribution in [-0.4, -0.2) is 37.2 Å². The maximum absolute atomic E-state index is 12.9. The zero-order valence-electron chi connectivity index (χ0n) is 55.2. The molecule has 0 heterocycles. The van der Waals surface area contributed by atoms with Gasteiger partial charge in [-0.25, -0.2) is 0 Å². The van der Waals surface area contributed by atoms with Crippen LogP contribution in [0.1, 0.15) is 367 Å². The molecule has 0 saturated carbocycles. The van der Waals surface area contributed by atoms with Crippen molar-refractivity contribution in [1.29, 1.82) is 0 Å². The molecule has 0 rings (SSSR count). The molecular weight excluding hydrogens is 1020 g/mol. The van der Waals surface area contributed by atoms with Gasteiger partial charge < -0.3 is 14.2 Å². The van der Waals surface area contributed by atoms with E-state index in [4.69, 9.17) is 14.2 Å². The highest BCUT2D eigenvalue weighted by Crippen LogP contribution is 2.18. The van der Waals surface area contributed by atoms with Crippen LogP contribution in [0.15, 0.2) is 85.1 Å². The molecule has 6 heteroatoms. The molecule has 0 aliphatic heterocycles. The Kier molecular flexibility index (Phi) is 68.2. The Morgan fingerprint density at radius 1 is 0.253 bits per heavy atom. The Morgan fingerprint density at radius 2 is 0.470 bits per heavy atom. The van der Waals surface area contributed by atoms with Crippen LogP contribution < -0.4 is 0 Å². The Balaban J connectivity index is 4.29. The van der Waals surface area contributed by atoms with Crippen LogP contribution in [0.5, 0.6) is 0 Å². The molecule has 0 radical (unpaired) electrons. The van der Waals surface area contributed by atoms with Crippen molar-refractivity contribution in [2.24, 2.45) is 0 Å². The molecule has 0 amide bonds. The number of carbonyl (C=O) groups is 3. The van der Waals surface area contributed by atoms with Crippen LogP contribution >= 0.6 is 0 Å². The summed E-state index contributed by atoms with van der Waals surface area (Å²) in [6, 6.07) is 0. The summed E-state index contributed by atoms with van der Waals surface area (Å²) in [6.45, 7) is 6.53. The minimum atomic E-state index is -0.806. The van der Waals surface area contributed by atoms with Gasteiger partial charge in [-0.1, -0.05) is 363 Å². The predicted molar refractivity (Wildman–Crippen MR) is 362 cm³/mol. The average molecular weight is 1160 g/mol. The van der Waals surface area contributed by atoms with E-state index >= 15 is 0 Å². The molecule has 1 atom stereocenters. The van der Waals surface area contributed by atoms with Crippen molar-refractivity contribution in [1.82, 2.24) is 0 Å². The van der Waals surface area contributed by atoms with Crippen LogP contribution in [0.4, 0.5) is 0 Å². The summed E-state index contributed by atoms with van der Waals surface area (Å²) in [5.41, 5.74) is 0. The van der Waals surface area contributed by atoms with Gasteiger partial charge in [0.2, 0.25) is 0 Å². The maximum Gasteiger partial charge on any atom is 0.306 e. The average Bonchev–Trinajstić information content (AvgIpc) is 3.49. The number of unbranched alkanes of at least 4 members (excludes halogenated alkanes) is 41. The Morgan fingerprint density at radius 3 is 0.723 bits per heavy atom. The molecule has 1 unspecified atom stereocenters. The first-order valence-electron chi connectivity index (χ1n) is 36.1. The SMILES string of the molecule is CC/C=C\C/C=C\C/C=C\C/C=C\C/C=C\C/C=C\C/C=C\CCCC(=O)OC(COC(=O)CCCCCCCCCCCCCCC)COC(=O)CCCCCCCCCCCCCCCCCCCCCCCCCCCCCCC. The molecule has 0 aromatic rings. The number of rotatable bonds is 66. The molecule has 0 spiro atoms. The summed E-state index contributed by atoms with van der Waals surface area (Å²) in [5, 5.41) is 0. The van der Waals surface area contributed by atoms with E-state index in [-0.39, 0.29) is 37.5 Å². The quantitative estimate of drug-likeness (QED) is 0.0261. The van der Waals surface area contributed by atoms with Gasteiger partial charge in [-0.2, -0.15) is 0 Å². The lowest BCUT2D eigenvalue weighted by molar-refractivity contribution is -0.167. The lowest BCUT2D eigenvalue weighted by atomic mass is 10.0. The third-order valence-electron chi connectivity index (χ3n) is 15.9. The zero-order valence-corrected chi connectivity index (χ0v) is 55.2. The van der Waals surface area contributed by atoms with E-state index in [2.05, 4.69) is 106 Å². The Bertz CT molecular complexity index is 1570. The van der Waals surface area contributed by atoms with Crippen molar-refractivity contribution < 1.29 is 28.6 Å². The van der Waals surface area contributed by atoms with Gasteiger partial charge in [0.15, 0.2) is 6.10 Å². The van der Waals surface area contributed by atoms with Crippen molar-refractivity contribution in [3.05, 3.63) is 85.1 Å². The van der Waals surface area contributed by atoms with Crippen LogP contribution in [0, 0.1) is 0 Å². The molecule has 0 bridgehead atoms. The molecular formula is C77H136O6. The van der Waals surface area contributed by atoms with Crippen molar-refractivity contribution in [3.8, 4) is 0 Å². The summed E-state index contributed by atoms with van der Waals surface area (Å²) in [5.74, 6) is -0.935. The highest BCUT2D eigenvalue weighted by molar-refractivity contribution is 5.71. The Hall–Kier alpha value is -3.41. The van der Waals surface area contributed by atoms with E-state index in [1.165, 1.54) is 231 Å². The first kappa shape index (κ1) is 79.6. The molecule has 6 nitrogen and oxygen atoms in total. The second kappa shape index (κ2) is 71.1. The van der Waals surface area contributed by atoms with E-state index in [0.29, 0.717) is 19.3 Å². The smallest absolute Gasteiger partial charge is 0.306 e. The van der Waals surface area contributed by atoms with Gasteiger partial charge in [-0.15, -0.1) is 0 Å².